The first-order chi connectivity index (χ1) is 15.2. The summed E-state index contributed by atoms with van der Waals surface area (Å²) in [4.78, 5) is 23.8. The lowest BCUT2D eigenvalue weighted by Crippen LogP contribution is -2.43. The predicted octanol–water partition coefficient (Wildman–Crippen LogP) is 3.28. The zero-order valence-corrected chi connectivity index (χ0v) is 17.2. The van der Waals surface area contributed by atoms with Crippen LogP contribution in [-0.2, 0) is 0 Å². The molecule has 0 aliphatic heterocycles. The highest BCUT2D eigenvalue weighted by atomic mass is 16.1. The molecule has 2 N–H and O–H groups in total. The molecule has 1 amide bonds. The van der Waals surface area contributed by atoms with Crippen molar-refractivity contribution in [2.75, 3.05) is 5.32 Å². The summed E-state index contributed by atoms with van der Waals surface area (Å²) >= 11 is 0. The number of benzene rings is 2. The zero-order valence-electron chi connectivity index (χ0n) is 17.2. The lowest BCUT2D eigenvalue weighted by Gasteiger charge is -2.23. The monoisotopic (exact) mass is 413 g/mol. The van der Waals surface area contributed by atoms with E-state index in [1.807, 2.05) is 49.4 Å². The molecule has 0 radical (unpaired) electrons. The van der Waals surface area contributed by atoms with Gasteiger partial charge in [0.05, 0.1) is 40.9 Å². The second-order valence-electron chi connectivity index (χ2n) is 7.84. The molecule has 2 aromatic carbocycles. The van der Waals surface area contributed by atoms with E-state index in [9.17, 15) is 4.79 Å². The molecule has 0 spiro atoms. The van der Waals surface area contributed by atoms with Crippen molar-refractivity contribution in [3.05, 3.63) is 72.2 Å². The van der Waals surface area contributed by atoms with Crippen LogP contribution >= 0.6 is 0 Å². The topological polar surface area (TPSA) is 97.6 Å². The summed E-state index contributed by atoms with van der Waals surface area (Å²) in [6.07, 6.45) is 7.85. The van der Waals surface area contributed by atoms with Gasteiger partial charge in [0.1, 0.15) is 5.82 Å². The number of fused-ring (bicyclic) bond motifs is 1. The second-order valence-corrected chi connectivity index (χ2v) is 7.84. The molecule has 8 heteroatoms. The molecule has 156 valence electrons. The summed E-state index contributed by atoms with van der Waals surface area (Å²) in [5.74, 6) is 0.598. The lowest BCUT2D eigenvalue weighted by atomic mass is 10.1. The average molecular weight is 413 g/mol. The molecule has 4 aromatic rings. The van der Waals surface area contributed by atoms with Gasteiger partial charge in [-0.25, -0.2) is 4.98 Å². The van der Waals surface area contributed by atoms with Gasteiger partial charge in [0.15, 0.2) is 0 Å². The molecule has 31 heavy (non-hydrogen) atoms. The Hall–Kier alpha value is -3.81. The van der Waals surface area contributed by atoms with Crippen molar-refractivity contribution in [1.82, 2.24) is 30.3 Å². The number of carbonyl (C=O) groups is 1. The maximum atomic E-state index is 13.2. The van der Waals surface area contributed by atoms with Gasteiger partial charge in [0.2, 0.25) is 0 Å². The number of nitrogens with zero attached hydrogens (tertiary/aromatic N) is 5. The molecule has 1 aliphatic carbocycles. The molecule has 2 aromatic heterocycles. The minimum Gasteiger partial charge on any atom is -0.364 e. The average Bonchev–Trinajstić information content (AvgIpc) is 3.46. The molecule has 5 rings (SSSR count). The fraction of sp³-hybridized carbons (Fsp3) is 0.261. The fourth-order valence-electron chi connectivity index (χ4n) is 4.11. The first kappa shape index (κ1) is 19.2. The van der Waals surface area contributed by atoms with E-state index in [0.29, 0.717) is 11.3 Å². The number of para-hydroxylation sites is 2. The van der Waals surface area contributed by atoms with E-state index in [4.69, 9.17) is 0 Å². The van der Waals surface area contributed by atoms with E-state index < -0.39 is 0 Å². The quantitative estimate of drug-likeness (QED) is 0.521. The number of hydrogen-bond donors (Lipinski definition) is 2. The lowest BCUT2D eigenvalue weighted by molar-refractivity contribution is 0.0935. The summed E-state index contributed by atoms with van der Waals surface area (Å²) in [6.45, 7) is 1.97. The Morgan fingerprint density at radius 3 is 2.65 bits per heavy atom. The molecule has 0 bridgehead atoms. The summed E-state index contributed by atoms with van der Waals surface area (Å²) < 4.78 is 0. The van der Waals surface area contributed by atoms with Gasteiger partial charge in [-0.05, 0) is 50.5 Å². The van der Waals surface area contributed by atoms with Crippen LogP contribution in [0.3, 0.4) is 0 Å². The van der Waals surface area contributed by atoms with Gasteiger partial charge in [0.25, 0.3) is 5.91 Å². The van der Waals surface area contributed by atoms with Crippen molar-refractivity contribution in [2.45, 2.75) is 38.3 Å². The van der Waals surface area contributed by atoms with E-state index in [1.54, 1.807) is 18.6 Å². The van der Waals surface area contributed by atoms with Crippen LogP contribution in [0.5, 0.6) is 0 Å². The van der Waals surface area contributed by atoms with Crippen LogP contribution < -0.4 is 10.6 Å². The van der Waals surface area contributed by atoms with Crippen molar-refractivity contribution in [3.63, 3.8) is 0 Å². The summed E-state index contributed by atoms with van der Waals surface area (Å²) in [6, 6.07) is 13.6. The molecule has 1 saturated carbocycles. The van der Waals surface area contributed by atoms with Crippen LogP contribution in [0.1, 0.15) is 35.2 Å². The normalized spacial score (nSPS) is 18.2. The third-order valence-corrected chi connectivity index (χ3v) is 5.65. The summed E-state index contributed by atoms with van der Waals surface area (Å²) in [7, 11) is 0. The number of aromatic nitrogens is 5. The van der Waals surface area contributed by atoms with Crippen LogP contribution in [0.15, 0.2) is 61.1 Å². The van der Waals surface area contributed by atoms with Gasteiger partial charge in [-0.15, -0.1) is 0 Å². The fourth-order valence-corrected chi connectivity index (χ4v) is 4.11. The molecule has 0 saturated heterocycles. The van der Waals surface area contributed by atoms with E-state index in [2.05, 4.69) is 30.8 Å². The van der Waals surface area contributed by atoms with E-state index >= 15 is 0 Å². The predicted molar refractivity (Wildman–Crippen MR) is 118 cm³/mol. The van der Waals surface area contributed by atoms with Gasteiger partial charge in [0, 0.05) is 12.1 Å². The van der Waals surface area contributed by atoms with Gasteiger partial charge >= 0.3 is 0 Å². The summed E-state index contributed by atoms with van der Waals surface area (Å²) in [5, 5.41) is 15.1. The van der Waals surface area contributed by atoms with Crippen LogP contribution in [0.2, 0.25) is 0 Å². The van der Waals surface area contributed by atoms with E-state index in [1.165, 1.54) is 4.80 Å². The maximum absolute atomic E-state index is 13.2. The highest BCUT2D eigenvalue weighted by Gasteiger charge is 2.30. The van der Waals surface area contributed by atoms with Crippen LogP contribution in [-0.4, -0.2) is 43.0 Å². The highest BCUT2D eigenvalue weighted by molar-refractivity contribution is 5.98. The molecular weight excluding hydrogens is 390 g/mol. The van der Waals surface area contributed by atoms with Crippen LogP contribution in [0, 0.1) is 6.92 Å². The van der Waals surface area contributed by atoms with Crippen LogP contribution in [0.4, 0.5) is 5.82 Å². The van der Waals surface area contributed by atoms with Gasteiger partial charge in [-0.1, -0.05) is 23.8 Å². The molecule has 2 heterocycles. The summed E-state index contributed by atoms with van der Waals surface area (Å²) in [5.41, 5.74) is 3.95. The van der Waals surface area contributed by atoms with Gasteiger partial charge in [-0.2, -0.15) is 15.0 Å². The smallest absolute Gasteiger partial charge is 0.253 e. The number of amides is 1. The number of nitrogens with one attached hydrogen (secondary N) is 2. The number of rotatable bonds is 5. The number of aryl methyl sites for hydroxylation is 1. The standard InChI is InChI=1S/C23H23N7O/c1-15-9-10-21(30-25-11-12-26-30)16(13-15)23(31)29-20-8-4-7-19(20)28-22-14-24-17-5-2-3-6-18(17)27-22/h2-3,5-6,9-14,19-20H,4,7-8H2,1H3,(H,27,28)(H,29,31)/t19-,20+/m1/s1. The molecule has 1 fully saturated rings. The third kappa shape index (κ3) is 3.96. The van der Waals surface area contributed by atoms with Gasteiger partial charge < -0.3 is 10.6 Å². The van der Waals surface area contributed by atoms with Crippen molar-refractivity contribution < 1.29 is 4.79 Å². The Bertz CT molecular complexity index is 1220. The Morgan fingerprint density at radius 2 is 1.81 bits per heavy atom. The number of hydrogen-bond acceptors (Lipinski definition) is 6. The Balaban J connectivity index is 1.35. The second kappa shape index (κ2) is 8.14. The minimum absolute atomic E-state index is 0.000266. The van der Waals surface area contributed by atoms with Crippen molar-refractivity contribution in [2.24, 2.45) is 0 Å². The molecule has 0 unspecified atom stereocenters. The first-order valence-corrected chi connectivity index (χ1v) is 10.4. The molecular formula is C23H23N7O. The maximum Gasteiger partial charge on any atom is 0.253 e. The van der Waals surface area contributed by atoms with E-state index in [0.717, 1.165) is 41.7 Å². The Labute approximate surface area is 179 Å². The Morgan fingerprint density at radius 1 is 1.03 bits per heavy atom. The molecule has 2 atom stereocenters. The highest BCUT2D eigenvalue weighted by Crippen LogP contribution is 2.24. The number of carbonyl (C=O) groups excluding carboxylic acids is 1. The SMILES string of the molecule is Cc1ccc(-n2nccn2)c(C(=O)N[C@H]2CCC[C@H]2Nc2cnc3ccccc3n2)c1. The third-order valence-electron chi connectivity index (χ3n) is 5.65. The largest absolute Gasteiger partial charge is 0.364 e. The van der Waals surface area contributed by atoms with Crippen molar-refractivity contribution in [1.29, 1.82) is 0 Å². The molecule has 8 nitrogen and oxygen atoms in total. The van der Waals surface area contributed by atoms with E-state index in [-0.39, 0.29) is 18.0 Å². The first-order valence-electron chi connectivity index (χ1n) is 10.4. The van der Waals surface area contributed by atoms with Crippen LogP contribution in [0.25, 0.3) is 16.7 Å². The van der Waals surface area contributed by atoms with Crippen molar-refractivity contribution >= 4 is 22.8 Å². The van der Waals surface area contributed by atoms with Gasteiger partial charge in [-0.3, -0.25) is 9.78 Å². The van der Waals surface area contributed by atoms with Crippen molar-refractivity contribution in [3.8, 4) is 5.69 Å². The minimum atomic E-state index is -0.126. The zero-order chi connectivity index (χ0) is 21.2. The Kier molecular flexibility index (Phi) is 5.03. The number of anilines is 1. The molecule has 1 aliphatic rings.